The standard InChI is InChI=1S/C17H21FN2/c1-11-4-5-14(8-12(11)2)10-17(20-19)15-6-7-16(18)13(3)9-15/h4-9,17,20H,10,19H2,1-3H3. The minimum Gasteiger partial charge on any atom is -0.271 e. The average molecular weight is 272 g/mol. The van der Waals surface area contributed by atoms with Gasteiger partial charge in [0.15, 0.2) is 0 Å². The quantitative estimate of drug-likeness (QED) is 0.660. The summed E-state index contributed by atoms with van der Waals surface area (Å²) in [5.74, 6) is 5.48. The summed E-state index contributed by atoms with van der Waals surface area (Å²) in [5, 5.41) is 0. The molecule has 2 nitrogen and oxygen atoms in total. The zero-order valence-electron chi connectivity index (χ0n) is 12.2. The van der Waals surface area contributed by atoms with Gasteiger partial charge in [0.25, 0.3) is 0 Å². The SMILES string of the molecule is Cc1ccc(CC(NN)c2ccc(F)c(C)c2)cc1C. The number of hydrogen-bond donors (Lipinski definition) is 2. The van der Waals surface area contributed by atoms with Crippen molar-refractivity contribution in [1.29, 1.82) is 0 Å². The second kappa shape index (κ2) is 6.16. The van der Waals surface area contributed by atoms with Crippen LogP contribution in [0.3, 0.4) is 0 Å². The van der Waals surface area contributed by atoms with Crippen molar-refractivity contribution >= 4 is 0 Å². The van der Waals surface area contributed by atoms with E-state index in [1.165, 1.54) is 22.8 Å². The highest BCUT2D eigenvalue weighted by Gasteiger charge is 2.12. The van der Waals surface area contributed by atoms with Gasteiger partial charge in [0.05, 0.1) is 0 Å². The number of nitrogens with two attached hydrogens (primary N) is 1. The molecule has 0 aliphatic heterocycles. The molecule has 1 atom stereocenters. The molecule has 0 bridgehead atoms. The molecule has 0 radical (unpaired) electrons. The smallest absolute Gasteiger partial charge is 0.126 e. The highest BCUT2D eigenvalue weighted by molar-refractivity contribution is 5.32. The molecule has 106 valence electrons. The lowest BCUT2D eigenvalue weighted by Gasteiger charge is -2.18. The van der Waals surface area contributed by atoms with Gasteiger partial charge in [0.2, 0.25) is 0 Å². The van der Waals surface area contributed by atoms with Gasteiger partial charge < -0.3 is 0 Å². The van der Waals surface area contributed by atoms with E-state index in [-0.39, 0.29) is 11.9 Å². The van der Waals surface area contributed by atoms with Crippen LogP contribution in [0.25, 0.3) is 0 Å². The lowest BCUT2D eigenvalue weighted by Crippen LogP contribution is -2.29. The molecule has 0 aliphatic rings. The van der Waals surface area contributed by atoms with Crippen molar-refractivity contribution in [3.05, 3.63) is 70.0 Å². The van der Waals surface area contributed by atoms with Crippen LogP contribution >= 0.6 is 0 Å². The Balaban J connectivity index is 2.23. The molecule has 1 unspecified atom stereocenters. The molecular formula is C17H21FN2. The van der Waals surface area contributed by atoms with E-state index in [4.69, 9.17) is 5.84 Å². The third kappa shape index (κ3) is 3.24. The van der Waals surface area contributed by atoms with E-state index in [1.807, 2.05) is 6.07 Å². The molecule has 2 aromatic rings. The molecule has 0 saturated heterocycles. The Labute approximate surface area is 119 Å². The fourth-order valence-corrected chi connectivity index (χ4v) is 2.32. The van der Waals surface area contributed by atoms with Crippen LogP contribution in [-0.2, 0) is 6.42 Å². The van der Waals surface area contributed by atoms with Gasteiger partial charge in [-0.25, -0.2) is 4.39 Å². The molecule has 2 rings (SSSR count). The van der Waals surface area contributed by atoms with Crippen molar-refractivity contribution in [3.8, 4) is 0 Å². The van der Waals surface area contributed by atoms with Gasteiger partial charge >= 0.3 is 0 Å². The summed E-state index contributed by atoms with van der Waals surface area (Å²) >= 11 is 0. The Morgan fingerprint density at radius 3 is 2.35 bits per heavy atom. The third-order valence-electron chi connectivity index (χ3n) is 3.80. The molecule has 0 saturated carbocycles. The van der Waals surface area contributed by atoms with E-state index in [9.17, 15) is 4.39 Å². The largest absolute Gasteiger partial charge is 0.271 e. The summed E-state index contributed by atoms with van der Waals surface area (Å²) in [6.07, 6.45) is 0.780. The number of benzene rings is 2. The Kier molecular flexibility index (Phi) is 4.53. The monoisotopic (exact) mass is 272 g/mol. The van der Waals surface area contributed by atoms with Crippen LogP contribution in [0.1, 0.15) is 33.9 Å². The first-order chi connectivity index (χ1) is 9.51. The third-order valence-corrected chi connectivity index (χ3v) is 3.80. The van der Waals surface area contributed by atoms with Crippen molar-refractivity contribution in [3.63, 3.8) is 0 Å². The van der Waals surface area contributed by atoms with Crippen LogP contribution in [0.5, 0.6) is 0 Å². The number of aryl methyl sites for hydroxylation is 3. The summed E-state index contributed by atoms with van der Waals surface area (Å²) in [5.41, 5.74) is 8.24. The first kappa shape index (κ1) is 14.7. The summed E-state index contributed by atoms with van der Waals surface area (Å²) in [4.78, 5) is 0. The van der Waals surface area contributed by atoms with Gasteiger partial charge in [-0.05, 0) is 61.1 Å². The summed E-state index contributed by atoms with van der Waals surface area (Å²) in [7, 11) is 0. The maximum atomic E-state index is 13.3. The van der Waals surface area contributed by atoms with Crippen LogP contribution < -0.4 is 11.3 Å². The Bertz CT molecular complexity index is 608. The second-order valence-corrected chi connectivity index (χ2v) is 5.35. The first-order valence-corrected chi connectivity index (χ1v) is 6.79. The first-order valence-electron chi connectivity index (χ1n) is 6.79. The zero-order valence-corrected chi connectivity index (χ0v) is 12.2. The highest BCUT2D eigenvalue weighted by atomic mass is 19.1. The maximum absolute atomic E-state index is 13.3. The van der Waals surface area contributed by atoms with Crippen molar-refractivity contribution in [1.82, 2.24) is 5.43 Å². The highest BCUT2D eigenvalue weighted by Crippen LogP contribution is 2.21. The lowest BCUT2D eigenvalue weighted by atomic mass is 9.96. The molecule has 0 aromatic heterocycles. The molecule has 0 fully saturated rings. The van der Waals surface area contributed by atoms with E-state index in [2.05, 4.69) is 37.5 Å². The van der Waals surface area contributed by atoms with Crippen molar-refractivity contribution in [2.24, 2.45) is 5.84 Å². The minimum atomic E-state index is -0.185. The second-order valence-electron chi connectivity index (χ2n) is 5.35. The Morgan fingerprint density at radius 1 is 1.00 bits per heavy atom. The fourth-order valence-electron chi connectivity index (χ4n) is 2.32. The predicted molar refractivity (Wildman–Crippen MR) is 80.8 cm³/mol. The Morgan fingerprint density at radius 2 is 1.75 bits per heavy atom. The van der Waals surface area contributed by atoms with E-state index in [1.54, 1.807) is 13.0 Å². The van der Waals surface area contributed by atoms with Crippen LogP contribution in [0.15, 0.2) is 36.4 Å². The number of hydrazine groups is 1. The van der Waals surface area contributed by atoms with Gasteiger partial charge in [-0.3, -0.25) is 11.3 Å². The number of rotatable bonds is 4. The van der Waals surface area contributed by atoms with Crippen LogP contribution in [0.2, 0.25) is 0 Å². The summed E-state index contributed by atoms with van der Waals surface area (Å²) < 4.78 is 13.3. The maximum Gasteiger partial charge on any atom is 0.126 e. The van der Waals surface area contributed by atoms with E-state index < -0.39 is 0 Å². The fraction of sp³-hybridized carbons (Fsp3) is 0.294. The average Bonchev–Trinajstić information content (AvgIpc) is 2.43. The minimum absolute atomic E-state index is 0.0172. The molecular weight excluding hydrogens is 251 g/mol. The predicted octanol–water partition coefficient (Wildman–Crippen LogP) is 3.50. The van der Waals surface area contributed by atoms with E-state index >= 15 is 0 Å². The van der Waals surface area contributed by atoms with Crippen molar-refractivity contribution in [2.75, 3.05) is 0 Å². The molecule has 0 amide bonds. The van der Waals surface area contributed by atoms with Gasteiger partial charge in [-0.15, -0.1) is 0 Å². The van der Waals surface area contributed by atoms with E-state index in [0.29, 0.717) is 5.56 Å². The lowest BCUT2D eigenvalue weighted by molar-refractivity contribution is 0.548. The number of halogens is 1. The van der Waals surface area contributed by atoms with Crippen LogP contribution in [-0.4, -0.2) is 0 Å². The summed E-state index contributed by atoms with van der Waals surface area (Å²) in [6, 6.07) is 11.5. The Hall–Kier alpha value is -1.71. The van der Waals surface area contributed by atoms with Crippen LogP contribution in [0.4, 0.5) is 4.39 Å². The summed E-state index contributed by atoms with van der Waals surface area (Å²) in [6.45, 7) is 5.97. The molecule has 3 heteroatoms. The van der Waals surface area contributed by atoms with Gasteiger partial charge in [0, 0.05) is 6.04 Å². The molecule has 0 aliphatic carbocycles. The van der Waals surface area contributed by atoms with Gasteiger partial charge in [-0.2, -0.15) is 0 Å². The number of hydrogen-bond acceptors (Lipinski definition) is 2. The molecule has 20 heavy (non-hydrogen) atoms. The molecule has 2 aromatic carbocycles. The number of nitrogens with one attached hydrogen (secondary N) is 1. The molecule has 3 N–H and O–H groups in total. The van der Waals surface area contributed by atoms with E-state index in [0.717, 1.165) is 12.0 Å². The van der Waals surface area contributed by atoms with Crippen LogP contribution in [0, 0.1) is 26.6 Å². The molecule has 0 spiro atoms. The van der Waals surface area contributed by atoms with Gasteiger partial charge in [0.1, 0.15) is 5.82 Å². The van der Waals surface area contributed by atoms with Crippen molar-refractivity contribution in [2.45, 2.75) is 33.2 Å². The topological polar surface area (TPSA) is 38.0 Å². The zero-order chi connectivity index (χ0) is 14.7. The normalized spacial score (nSPS) is 12.4. The molecule has 0 heterocycles. The van der Waals surface area contributed by atoms with Crippen molar-refractivity contribution < 1.29 is 4.39 Å². The van der Waals surface area contributed by atoms with Gasteiger partial charge in [-0.1, -0.05) is 30.3 Å².